The predicted octanol–water partition coefficient (Wildman–Crippen LogP) is 2.62. The van der Waals surface area contributed by atoms with Crippen molar-refractivity contribution in [2.45, 2.75) is 27.4 Å². The SMILES string of the molecule is Cc1nc(COCC(C)C)cs1. The molecule has 0 aliphatic carbocycles. The summed E-state index contributed by atoms with van der Waals surface area (Å²) in [4.78, 5) is 4.30. The smallest absolute Gasteiger partial charge is 0.0898 e. The molecular formula is C9H15NOS. The molecule has 2 nitrogen and oxygen atoms in total. The van der Waals surface area contributed by atoms with Gasteiger partial charge in [-0.25, -0.2) is 4.98 Å². The molecule has 0 aliphatic rings. The minimum absolute atomic E-state index is 0.602. The zero-order chi connectivity index (χ0) is 8.97. The number of nitrogens with zero attached hydrogens (tertiary/aromatic N) is 1. The Kier molecular flexibility index (Phi) is 3.69. The molecule has 0 atom stereocenters. The summed E-state index contributed by atoms with van der Waals surface area (Å²) in [5.41, 5.74) is 1.05. The average molecular weight is 185 g/mol. The number of aryl methyl sites for hydroxylation is 1. The minimum Gasteiger partial charge on any atom is -0.375 e. The van der Waals surface area contributed by atoms with Gasteiger partial charge in [-0.05, 0) is 12.8 Å². The molecule has 1 heterocycles. The van der Waals surface area contributed by atoms with Gasteiger partial charge in [-0.1, -0.05) is 13.8 Å². The quantitative estimate of drug-likeness (QED) is 0.719. The highest BCUT2D eigenvalue weighted by molar-refractivity contribution is 7.09. The molecule has 68 valence electrons. The van der Waals surface area contributed by atoms with Crippen LogP contribution in [-0.2, 0) is 11.3 Å². The van der Waals surface area contributed by atoms with E-state index in [1.54, 1.807) is 11.3 Å². The van der Waals surface area contributed by atoms with Crippen LogP contribution >= 0.6 is 11.3 Å². The number of rotatable bonds is 4. The normalized spacial score (nSPS) is 11.0. The van der Waals surface area contributed by atoms with Crippen molar-refractivity contribution in [2.75, 3.05) is 6.61 Å². The van der Waals surface area contributed by atoms with Gasteiger partial charge in [0.05, 0.1) is 17.3 Å². The molecule has 0 bridgehead atoms. The van der Waals surface area contributed by atoms with Crippen LogP contribution in [-0.4, -0.2) is 11.6 Å². The van der Waals surface area contributed by atoms with Crippen LogP contribution in [0.2, 0.25) is 0 Å². The lowest BCUT2D eigenvalue weighted by Crippen LogP contribution is -2.01. The number of aromatic nitrogens is 1. The summed E-state index contributed by atoms with van der Waals surface area (Å²) in [6.45, 7) is 7.77. The Morgan fingerprint density at radius 3 is 2.83 bits per heavy atom. The Hall–Kier alpha value is -0.410. The van der Waals surface area contributed by atoms with Crippen molar-refractivity contribution in [1.29, 1.82) is 0 Å². The van der Waals surface area contributed by atoms with Gasteiger partial charge in [0.25, 0.3) is 0 Å². The van der Waals surface area contributed by atoms with Gasteiger partial charge in [0.1, 0.15) is 0 Å². The van der Waals surface area contributed by atoms with Crippen LogP contribution in [0.15, 0.2) is 5.38 Å². The van der Waals surface area contributed by atoms with Crippen molar-refractivity contribution in [2.24, 2.45) is 5.92 Å². The van der Waals surface area contributed by atoms with E-state index in [2.05, 4.69) is 24.2 Å². The van der Waals surface area contributed by atoms with Crippen LogP contribution in [0.3, 0.4) is 0 Å². The van der Waals surface area contributed by atoms with Gasteiger partial charge in [-0.2, -0.15) is 0 Å². The second-order valence-electron chi connectivity index (χ2n) is 3.27. The molecule has 0 radical (unpaired) electrons. The van der Waals surface area contributed by atoms with Gasteiger partial charge >= 0.3 is 0 Å². The third-order valence-electron chi connectivity index (χ3n) is 1.37. The summed E-state index contributed by atoms with van der Waals surface area (Å²) in [5.74, 6) is 0.602. The van der Waals surface area contributed by atoms with Gasteiger partial charge in [0.2, 0.25) is 0 Å². The molecule has 0 aliphatic heterocycles. The number of hydrogen-bond acceptors (Lipinski definition) is 3. The summed E-state index contributed by atoms with van der Waals surface area (Å²) in [6, 6.07) is 0. The van der Waals surface area contributed by atoms with E-state index in [1.165, 1.54) is 0 Å². The molecule has 0 fully saturated rings. The highest BCUT2D eigenvalue weighted by atomic mass is 32.1. The van der Waals surface area contributed by atoms with Crippen molar-refractivity contribution in [3.63, 3.8) is 0 Å². The standard InChI is InChI=1S/C9H15NOS/c1-7(2)4-11-5-9-6-12-8(3)10-9/h6-7H,4-5H2,1-3H3. The molecule has 0 amide bonds. The third-order valence-corrected chi connectivity index (χ3v) is 2.19. The Morgan fingerprint density at radius 1 is 1.58 bits per heavy atom. The first-order valence-electron chi connectivity index (χ1n) is 4.17. The van der Waals surface area contributed by atoms with Crippen molar-refractivity contribution < 1.29 is 4.74 Å². The highest BCUT2D eigenvalue weighted by Gasteiger charge is 1.98. The van der Waals surface area contributed by atoms with Crippen molar-refractivity contribution in [3.05, 3.63) is 16.1 Å². The lowest BCUT2D eigenvalue weighted by Gasteiger charge is -2.03. The van der Waals surface area contributed by atoms with Crippen molar-refractivity contribution in [3.8, 4) is 0 Å². The molecule has 12 heavy (non-hydrogen) atoms. The van der Waals surface area contributed by atoms with Crippen LogP contribution in [0.4, 0.5) is 0 Å². The summed E-state index contributed by atoms with van der Waals surface area (Å²) in [6.07, 6.45) is 0. The molecular weight excluding hydrogens is 170 g/mol. The molecule has 1 rings (SSSR count). The Labute approximate surface area is 77.6 Å². The van der Waals surface area contributed by atoms with Crippen LogP contribution < -0.4 is 0 Å². The highest BCUT2D eigenvalue weighted by Crippen LogP contribution is 2.09. The zero-order valence-corrected chi connectivity index (χ0v) is 8.65. The molecule has 0 aromatic carbocycles. The first-order valence-corrected chi connectivity index (χ1v) is 5.05. The van der Waals surface area contributed by atoms with Crippen molar-refractivity contribution in [1.82, 2.24) is 4.98 Å². The van der Waals surface area contributed by atoms with Crippen LogP contribution in [0, 0.1) is 12.8 Å². The average Bonchev–Trinajstić information content (AvgIpc) is 2.35. The summed E-state index contributed by atoms with van der Waals surface area (Å²) in [5, 5.41) is 3.16. The Morgan fingerprint density at radius 2 is 2.33 bits per heavy atom. The van der Waals surface area contributed by atoms with E-state index in [0.717, 1.165) is 17.3 Å². The molecule has 0 N–H and O–H groups in total. The fourth-order valence-corrected chi connectivity index (χ4v) is 1.47. The summed E-state index contributed by atoms with van der Waals surface area (Å²) < 4.78 is 5.44. The molecule has 1 aromatic heterocycles. The Balaban J connectivity index is 2.24. The third kappa shape index (κ3) is 3.32. The molecule has 0 spiro atoms. The summed E-state index contributed by atoms with van der Waals surface area (Å²) >= 11 is 1.67. The fourth-order valence-electron chi connectivity index (χ4n) is 0.874. The molecule has 0 saturated heterocycles. The van der Waals surface area contributed by atoms with Gasteiger partial charge in [0, 0.05) is 12.0 Å². The second-order valence-corrected chi connectivity index (χ2v) is 4.33. The maximum Gasteiger partial charge on any atom is 0.0898 e. The fraction of sp³-hybridized carbons (Fsp3) is 0.667. The maximum atomic E-state index is 5.44. The molecule has 0 unspecified atom stereocenters. The monoisotopic (exact) mass is 185 g/mol. The minimum atomic E-state index is 0.602. The van der Waals surface area contributed by atoms with E-state index in [4.69, 9.17) is 4.74 Å². The number of ether oxygens (including phenoxy) is 1. The maximum absolute atomic E-state index is 5.44. The van der Waals surface area contributed by atoms with E-state index in [9.17, 15) is 0 Å². The zero-order valence-electron chi connectivity index (χ0n) is 7.83. The van der Waals surface area contributed by atoms with E-state index >= 15 is 0 Å². The summed E-state index contributed by atoms with van der Waals surface area (Å²) in [7, 11) is 0. The topological polar surface area (TPSA) is 22.1 Å². The van der Waals surface area contributed by atoms with E-state index in [1.807, 2.05) is 6.92 Å². The number of thiazole rings is 1. The Bertz CT molecular complexity index is 232. The van der Waals surface area contributed by atoms with Crippen molar-refractivity contribution >= 4 is 11.3 Å². The predicted molar refractivity (Wildman–Crippen MR) is 51.3 cm³/mol. The second kappa shape index (κ2) is 4.58. The van der Waals surface area contributed by atoms with Gasteiger partial charge in [-0.3, -0.25) is 0 Å². The van der Waals surface area contributed by atoms with Crippen LogP contribution in [0.25, 0.3) is 0 Å². The lowest BCUT2D eigenvalue weighted by molar-refractivity contribution is 0.0951. The lowest BCUT2D eigenvalue weighted by atomic mass is 10.2. The van der Waals surface area contributed by atoms with Crippen LogP contribution in [0.5, 0.6) is 0 Å². The van der Waals surface area contributed by atoms with Gasteiger partial charge < -0.3 is 4.74 Å². The van der Waals surface area contributed by atoms with Gasteiger partial charge in [-0.15, -0.1) is 11.3 Å². The first-order chi connectivity index (χ1) is 5.68. The van der Waals surface area contributed by atoms with Gasteiger partial charge in [0.15, 0.2) is 0 Å². The molecule has 3 heteroatoms. The van der Waals surface area contributed by atoms with Crippen LogP contribution in [0.1, 0.15) is 24.5 Å². The van der Waals surface area contributed by atoms with E-state index < -0.39 is 0 Å². The first kappa shape index (κ1) is 9.68. The molecule has 0 saturated carbocycles. The van der Waals surface area contributed by atoms with E-state index in [0.29, 0.717) is 12.5 Å². The molecule has 1 aromatic rings. The van der Waals surface area contributed by atoms with E-state index in [-0.39, 0.29) is 0 Å². The number of hydrogen-bond donors (Lipinski definition) is 0. The largest absolute Gasteiger partial charge is 0.375 e.